The lowest BCUT2D eigenvalue weighted by molar-refractivity contribution is 0.0572. The Bertz CT molecular complexity index is 261. The maximum atomic E-state index is 5.48. The molecule has 98 valence electrons. The Balaban J connectivity index is 1.72. The summed E-state index contributed by atoms with van der Waals surface area (Å²) in [5, 5.41) is 6.79. The smallest absolute Gasteiger partial charge is 0.191 e. The van der Waals surface area contributed by atoms with Crippen LogP contribution in [0.3, 0.4) is 0 Å². The van der Waals surface area contributed by atoms with E-state index in [0.717, 1.165) is 45.2 Å². The van der Waals surface area contributed by atoms with Crippen LogP contribution in [0.25, 0.3) is 0 Å². The van der Waals surface area contributed by atoms with Crippen LogP contribution >= 0.6 is 0 Å². The summed E-state index contributed by atoms with van der Waals surface area (Å²) in [5.74, 6) is 0.999. The first-order valence-electron chi connectivity index (χ1n) is 6.95. The standard InChI is InChI=1S/C13H25N3O/c1-2-17-10-7-13(5-3-6-13)11-16-12-14-8-4-9-15-12/h2-11H2,1H3,(H2,14,15,16). The third-order valence-corrected chi connectivity index (χ3v) is 3.92. The Morgan fingerprint density at radius 1 is 1.41 bits per heavy atom. The molecule has 0 amide bonds. The normalized spacial score (nSPS) is 22.3. The molecule has 0 unspecified atom stereocenters. The molecule has 0 atom stereocenters. The second-order valence-corrected chi connectivity index (χ2v) is 5.16. The fraction of sp³-hybridized carbons (Fsp3) is 0.923. The van der Waals surface area contributed by atoms with Crippen LogP contribution in [-0.4, -0.2) is 38.8 Å². The molecule has 2 rings (SSSR count). The van der Waals surface area contributed by atoms with Crippen molar-refractivity contribution in [2.45, 2.75) is 39.0 Å². The zero-order valence-electron chi connectivity index (χ0n) is 10.9. The summed E-state index contributed by atoms with van der Waals surface area (Å²) in [4.78, 5) is 4.45. The third-order valence-electron chi connectivity index (χ3n) is 3.92. The molecule has 4 heteroatoms. The summed E-state index contributed by atoms with van der Waals surface area (Å²) in [6.07, 6.45) is 6.37. The predicted molar refractivity (Wildman–Crippen MR) is 70.3 cm³/mol. The molecule has 4 nitrogen and oxygen atoms in total. The zero-order chi connectivity index (χ0) is 12.0. The molecule has 17 heavy (non-hydrogen) atoms. The third kappa shape index (κ3) is 3.60. The number of nitrogens with zero attached hydrogens (tertiary/aromatic N) is 1. The van der Waals surface area contributed by atoms with Crippen LogP contribution in [0.5, 0.6) is 0 Å². The van der Waals surface area contributed by atoms with Crippen molar-refractivity contribution in [2.24, 2.45) is 10.4 Å². The van der Waals surface area contributed by atoms with Crippen LogP contribution in [0.2, 0.25) is 0 Å². The fourth-order valence-electron chi connectivity index (χ4n) is 2.55. The molecular formula is C13H25N3O. The van der Waals surface area contributed by atoms with Gasteiger partial charge < -0.3 is 15.4 Å². The van der Waals surface area contributed by atoms with Crippen molar-refractivity contribution in [2.75, 3.05) is 32.8 Å². The molecule has 0 aromatic carbocycles. The highest BCUT2D eigenvalue weighted by molar-refractivity contribution is 5.80. The molecule has 0 spiro atoms. The van der Waals surface area contributed by atoms with E-state index in [-0.39, 0.29) is 0 Å². The summed E-state index contributed by atoms with van der Waals surface area (Å²) in [6, 6.07) is 0. The molecule has 2 aliphatic rings. The summed E-state index contributed by atoms with van der Waals surface area (Å²) < 4.78 is 5.48. The van der Waals surface area contributed by atoms with Crippen molar-refractivity contribution in [1.29, 1.82) is 0 Å². The van der Waals surface area contributed by atoms with Crippen molar-refractivity contribution in [3.05, 3.63) is 0 Å². The maximum Gasteiger partial charge on any atom is 0.191 e. The van der Waals surface area contributed by atoms with E-state index in [1.54, 1.807) is 0 Å². The van der Waals surface area contributed by atoms with Gasteiger partial charge in [-0.1, -0.05) is 6.42 Å². The van der Waals surface area contributed by atoms with Crippen LogP contribution in [0.4, 0.5) is 0 Å². The van der Waals surface area contributed by atoms with Crippen molar-refractivity contribution < 1.29 is 4.74 Å². The quantitative estimate of drug-likeness (QED) is 0.691. The van der Waals surface area contributed by atoms with E-state index < -0.39 is 0 Å². The van der Waals surface area contributed by atoms with Gasteiger partial charge in [-0.05, 0) is 38.0 Å². The van der Waals surface area contributed by atoms with Gasteiger partial charge in [0.2, 0.25) is 0 Å². The molecule has 2 N–H and O–H groups in total. The molecule has 1 aliphatic heterocycles. The van der Waals surface area contributed by atoms with Crippen LogP contribution in [0.15, 0.2) is 4.99 Å². The minimum atomic E-state index is 0.469. The summed E-state index contributed by atoms with van der Waals surface area (Å²) in [5.41, 5.74) is 0.469. The highest BCUT2D eigenvalue weighted by Gasteiger charge is 2.36. The van der Waals surface area contributed by atoms with Crippen LogP contribution in [-0.2, 0) is 4.74 Å². The summed E-state index contributed by atoms with van der Waals surface area (Å²) in [6.45, 7) is 6.85. The summed E-state index contributed by atoms with van der Waals surface area (Å²) in [7, 11) is 0. The van der Waals surface area contributed by atoms with Crippen LogP contribution in [0, 0.1) is 5.41 Å². The van der Waals surface area contributed by atoms with E-state index in [1.807, 2.05) is 0 Å². The van der Waals surface area contributed by atoms with Gasteiger partial charge >= 0.3 is 0 Å². The lowest BCUT2D eigenvalue weighted by Gasteiger charge is -2.42. The maximum absolute atomic E-state index is 5.48. The van der Waals surface area contributed by atoms with Crippen molar-refractivity contribution >= 4 is 5.96 Å². The lowest BCUT2D eigenvalue weighted by atomic mass is 9.67. The van der Waals surface area contributed by atoms with Gasteiger partial charge in [-0.2, -0.15) is 0 Å². The molecule has 0 aromatic rings. The van der Waals surface area contributed by atoms with Gasteiger partial charge in [0.25, 0.3) is 0 Å². The van der Waals surface area contributed by atoms with Gasteiger partial charge in [0, 0.05) is 32.8 Å². The molecule has 1 heterocycles. The second-order valence-electron chi connectivity index (χ2n) is 5.16. The zero-order valence-corrected chi connectivity index (χ0v) is 10.9. The van der Waals surface area contributed by atoms with E-state index >= 15 is 0 Å². The van der Waals surface area contributed by atoms with E-state index in [0.29, 0.717) is 5.41 Å². The Morgan fingerprint density at radius 3 is 2.88 bits per heavy atom. The first kappa shape index (κ1) is 12.7. The molecule has 1 saturated carbocycles. The van der Waals surface area contributed by atoms with E-state index in [2.05, 4.69) is 22.5 Å². The highest BCUT2D eigenvalue weighted by Crippen LogP contribution is 2.43. The molecule has 0 aromatic heterocycles. The average molecular weight is 239 g/mol. The first-order valence-corrected chi connectivity index (χ1v) is 6.95. The number of nitrogens with one attached hydrogen (secondary N) is 2. The minimum absolute atomic E-state index is 0.469. The molecule has 0 saturated heterocycles. The van der Waals surface area contributed by atoms with Gasteiger partial charge in [-0.3, -0.25) is 4.99 Å². The SMILES string of the molecule is CCOCCC1(CNC2=NCCCN2)CCC1. The molecule has 0 bridgehead atoms. The van der Waals surface area contributed by atoms with Gasteiger partial charge in [-0.25, -0.2) is 0 Å². The largest absolute Gasteiger partial charge is 0.382 e. The number of rotatable bonds is 6. The van der Waals surface area contributed by atoms with Crippen molar-refractivity contribution in [3.63, 3.8) is 0 Å². The van der Waals surface area contributed by atoms with Crippen LogP contribution in [0.1, 0.15) is 39.0 Å². The Morgan fingerprint density at radius 2 is 2.29 bits per heavy atom. The number of ether oxygens (including phenoxy) is 1. The average Bonchev–Trinajstić information content (AvgIpc) is 2.33. The monoisotopic (exact) mass is 239 g/mol. The van der Waals surface area contributed by atoms with Gasteiger partial charge in [0.05, 0.1) is 0 Å². The van der Waals surface area contributed by atoms with Crippen molar-refractivity contribution in [1.82, 2.24) is 10.6 Å². The number of hydrogen-bond donors (Lipinski definition) is 2. The van der Waals surface area contributed by atoms with E-state index in [9.17, 15) is 0 Å². The Kier molecular flexibility index (Phi) is 4.66. The Labute approximate surface area is 104 Å². The molecule has 1 fully saturated rings. The number of guanidine groups is 1. The molecule has 0 radical (unpaired) electrons. The number of hydrogen-bond acceptors (Lipinski definition) is 4. The second kappa shape index (κ2) is 6.24. The lowest BCUT2D eigenvalue weighted by Crippen LogP contribution is -2.48. The topological polar surface area (TPSA) is 45.6 Å². The van der Waals surface area contributed by atoms with Crippen molar-refractivity contribution in [3.8, 4) is 0 Å². The first-order chi connectivity index (χ1) is 8.35. The van der Waals surface area contributed by atoms with Crippen LogP contribution < -0.4 is 10.6 Å². The Hall–Kier alpha value is -0.770. The minimum Gasteiger partial charge on any atom is -0.382 e. The molecule has 1 aliphatic carbocycles. The molecular weight excluding hydrogens is 214 g/mol. The van der Waals surface area contributed by atoms with Gasteiger partial charge in [-0.15, -0.1) is 0 Å². The van der Waals surface area contributed by atoms with Gasteiger partial charge in [0.15, 0.2) is 5.96 Å². The summed E-state index contributed by atoms with van der Waals surface area (Å²) >= 11 is 0. The fourth-order valence-corrected chi connectivity index (χ4v) is 2.55. The van der Waals surface area contributed by atoms with Gasteiger partial charge in [0.1, 0.15) is 0 Å². The predicted octanol–water partition coefficient (Wildman–Crippen LogP) is 1.52. The van der Waals surface area contributed by atoms with E-state index in [1.165, 1.54) is 25.7 Å². The van der Waals surface area contributed by atoms with E-state index in [4.69, 9.17) is 4.74 Å². The number of aliphatic imine (C=N–C) groups is 1. The highest BCUT2D eigenvalue weighted by atomic mass is 16.5.